The average Bonchev–Trinajstić information content (AvgIpc) is 3.14. The number of hydrogen-bond acceptors (Lipinski definition) is 4. The van der Waals surface area contributed by atoms with Gasteiger partial charge in [0, 0.05) is 11.1 Å². The van der Waals surface area contributed by atoms with Crippen molar-refractivity contribution in [2.24, 2.45) is 0 Å². The van der Waals surface area contributed by atoms with Crippen LogP contribution in [-0.4, -0.2) is 32.6 Å². The Labute approximate surface area is 174 Å². The molecule has 4 rings (SSSR count). The Kier molecular flexibility index (Phi) is 6.40. The molecule has 5 nitrogen and oxygen atoms in total. The maximum atomic E-state index is 14.1. The lowest BCUT2D eigenvalue weighted by molar-refractivity contribution is 0.158. The first-order chi connectivity index (χ1) is 14.3. The van der Waals surface area contributed by atoms with Crippen molar-refractivity contribution < 1.29 is 17.6 Å². The summed E-state index contributed by atoms with van der Waals surface area (Å²) in [4.78, 5) is 5.39. The Morgan fingerprint density at radius 1 is 1.07 bits per heavy atom. The van der Waals surface area contributed by atoms with Crippen LogP contribution in [0.5, 0.6) is 0 Å². The van der Waals surface area contributed by atoms with Crippen molar-refractivity contribution in [3.05, 3.63) is 58.9 Å². The van der Waals surface area contributed by atoms with Crippen molar-refractivity contribution in [3.8, 4) is 0 Å². The summed E-state index contributed by atoms with van der Waals surface area (Å²) in [6.07, 6.45) is -1.43. The van der Waals surface area contributed by atoms with Crippen molar-refractivity contribution in [1.82, 2.24) is 19.6 Å². The molecule has 0 saturated carbocycles. The molecule has 2 aromatic heterocycles. The predicted molar refractivity (Wildman–Crippen MR) is 109 cm³/mol. The third-order valence-corrected chi connectivity index (χ3v) is 4.45. The van der Waals surface area contributed by atoms with Gasteiger partial charge in [-0.1, -0.05) is 25.4 Å². The minimum Gasteiger partial charge on any atom is -0.320 e. The maximum absolute atomic E-state index is 14.1. The van der Waals surface area contributed by atoms with E-state index in [1.165, 1.54) is 22.9 Å². The summed E-state index contributed by atoms with van der Waals surface area (Å²) in [6, 6.07) is 6.14. The number of anilines is 2. The molecular weight excluding hydrogens is 422 g/mol. The molecule has 0 atom stereocenters. The normalized spacial score (nSPS) is 11.1. The highest BCUT2D eigenvalue weighted by Crippen LogP contribution is 2.36. The second-order valence-electron chi connectivity index (χ2n) is 6.21. The molecule has 0 aliphatic heterocycles. The van der Waals surface area contributed by atoms with Crippen LogP contribution in [0.2, 0.25) is 5.02 Å². The van der Waals surface area contributed by atoms with Gasteiger partial charge >= 0.3 is 0 Å². The highest BCUT2D eigenvalue weighted by molar-refractivity contribution is 6.35. The molecule has 0 spiro atoms. The summed E-state index contributed by atoms with van der Waals surface area (Å²) in [5.74, 6) is -1.20. The van der Waals surface area contributed by atoms with E-state index in [4.69, 9.17) is 11.6 Å². The second kappa shape index (κ2) is 8.83. The fourth-order valence-corrected chi connectivity index (χ4v) is 3.43. The Hall–Kier alpha value is -2.94. The fraction of sp³-hybridized carbons (Fsp3) is 0.250. The van der Waals surface area contributed by atoms with Gasteiger partial charge in [0.1, 0.15) is 23.8 Å². The minimum absolute atomic E-state index is 0.0257. The zero-order valence-corrected chi connectivity index (χ0v) is 17.1. The number of aryl methyl sites for hydroxylation is 1. The van der Waals surface area contributed by atoms with Gasteiger partial charge in [-0.2, -0.15) is 4.98 Å². The van der Waals surface area contributed by atoms with E-state index in [1.54, 1.807) is 6.92 Å². The quantitative estimate of drug-likeness (QED) is 0.369. The standard InChI is InChI=1S/C18H12ClF4N5.C2H6/c1-9-2-10(20)4-12(3-9)27(7-15(22)23)17-13-5-11(21)6-14(19)16(13)28-8-24-26-18(28)25-17;1-2/h2-6,8,15H,7H2,1H3;1-2H3. The topological polar surface area (TPSA) is 46.3 Å². The number of aromatic nitrogens is 4. The van der Waals surface area contributed by atoms with Gasteiger partial charge in [0.05, 0.1) is 17.1 Å². The number of fused-ring (bicyclic) bond motifs is 3. The molecule has 2 heterocycles. The summed E-state index contributed by atoms with van der Waals surface area (Å²) in [5, 5.41) is 7.80. The van der Waals surface area contributed by atoms with Gasteiger partial charge < -0.3 is 4.90 Å². The Bertz CT molecular complexity index is 1170. The Morgan fingerprint density at radius 3 is 2.43 bits per heavy atom. The van der Waals surface area contributed by atoms with Crippen molar-refractivity contribution in [2.75, 3.05) is 11.4 Å². The molecule has 0 aliphatic rings. The number of rotatable bonds is 4. The van der Waals surface area contributed by atoms with Crippen molar-refractivity contribution in [1.29, 1.82) is 0 Å². The number of alkyl halides is 2. The van der Waals surface area contributed by atoms with Gasteiger partial charge in [-0.05, 0) is 42.8 Å². The van der Waals surface area contributed by atoms with Gasteiger partial charge in [-0.3, -0.25) is 4.40 Å². The summed E-state index contributed by atoms with van der Waals surface area (Å²) in [5.41, 5.74) is 0.989. The molecule has 30 heavy (non-hydrogen) atoms. The van der Waals surface area contributed by atoms with Crippen molar-refractivity contribution in [2.45, 2.75) is 27.2 Å². The third-order valence-electron chi connectivity index (χ3n) is 4.16. The summed E-state index contributed by atoms with van der Waals surface area (Å²) in [6.45, 7) is 4.85. The van der Waals surface area contributed by atoms with E-state index in [0.29, 0.717) is 11.1 Å². The molecule has 0 radical (unpaired) electrons. The molecule has 0 aliphatic carbocycles. The molecule has 0 unspecified atom stereocenters. The van der Waals surface area contributed by atoms with Gasteiger partial charge in [0.2, 0.25) is 0 Å². The predicted octanol–water partition coefficient (Wildman–Crippen LogP) is 5.95. The minimum atomic E-state index is -2.77. The van der Waals surface area contributed by atoms with Gasteiger partial charge in [0.15, 0.2) is 0 Å². The molecule has 2 aromatic carbocycles. The van der Waals surface area contributed by atoms with Crippen LogP contribution in [0, 0.1) is 18.6 Å². The average molecular weight is 440 g/mol. The highest BCUT2D eigenvalue weighted by Gasteiger charge is 2.23. The van der Waals surface area contributed by atoms with Crippen molar-refractivity contribution >= 4 is 39.8 Å². The molecule has 0 fully saturated rings. The van der Waals surface area contributed by atoms with Crippen LogP contribution in [0.1, 0.15) is 19.4 Å². The number of hydrogen-bond donors (Lipinski definition) is 0. The fourth-order valence-electron chi connectivity index (χ4n) is 3.13. The Balaban J connectivity index is 0.00000124. The van der Waals surface area contributed by atoms with Crippen LogP contribution in [0.3, 0.4) is 0 Å². The molecule has 4 aromatic rings. The van der Waals surface area contributed by atoms with E-state index < -0.39 is 24.6 Å². The van der Waals surface area contributed by atoms with E-state index in [-0.39, 0.29) is 27.7 Å². The van der Waals surface area contributed by atoms with Gasteiger partial charge in [-0.15, -0.1) is 10.2 Å². The van der Waals surface area contributed by atoms with Crippen LogP contribution in [-0.2, 0) is 0 Å². The number of nitrogens with zero attached hydrogens (tertiary/aromatic N) is 5. The van der Waals surface area contributed by atoms with E-state index in [0.717, 1.165) is 23.1 Å². The van der Waals surface area contributed by atoms with Crippen LogP contribution in [0.25, 0.3) is 16.7 Å². The molecule has 0 bridgehead atoms. The molecule has 0 amide bonds. The molecule has 158 valence electrons. The maximum Gasteiger partial charge on any atom is 0.257 e. The first kappa shape index (κ1) is 21.8. The van der Waals surface area contributed by atoms with E-state index >= 15 is 0 Å². The van der Waals surface area contributed by atoms with Crippen LogP contribution in [0.4, 0.5) is 29.1 Å². The van der Waals surface area contributed by atoms with E-state index in [9.17, 15) is 17.6 Å². The monoisotopic (exact) mass is 439 g/mol. The number of benzene rings is 2. The van der Waals surface area contributed by atoms with Crippen LogP contribution < -0.4 is 4.90 Å². The zero-order valence-electron chi connectivity index (χ0n) is 16.4. The molecule has 0 saturated heterocycles. The zero-order chi connectivity index (χ0) is 22.0. The number of halogens is 5. The summed E-state index contributed by atoms with van der Waals surface area (Å²) < 4.78 is 56.2. The summed E-state index contributed by atoms with van der Waals surface area (Å²) >= 11 is 6.21. The SMILES string of the molecule is CC.Cc1cc(F)cc(N(CC(F)F)c2nc3nncn3c3c(Cl)cc(F)cc23)c1. The largest absolute Gasteiger partial charge is 0.320 e. The molecule has 10 heteroatoms. The van der Waals surface area contributed by atoms with Crippen LogP contribution in [0.15, 0.2) is 36.7 Å². The lowest BCUT2D eigenvalue weighted by Crippen LogP contribution is -2.25. The van der Waals surface area contributed by atoms with Gasteiger partial charge in [0.25, 0.3) is 12.2 Å². The molecular formula is C20H18ClF4N5. The summed E-state index contributed by atoms with van der Waals surface area (Å²) in [7, 11) is 0. The Morgan fingerprint density at radius 2 is 1.77 bits per heavy atom. The van der Waals surface area contributed by atoms with Crippen LogP contribution >= 0.6 is 11.6 Å². The smallest absolute Gasteiger partial charge is 0.257 e. The van der Waals surface area contributed by atoms with Gasteiger partial charge in [-0.25, -0.2) is 17.6 Å². The third kappa shape index (κ3) is 4.16. The lowest BCUT2D eigenvalue weighted by Gasteiger charge is -2.25. The first-order valence-corrected chi connectivity index (χ1v) is 9.52. The van der Waals surface area contributed by atoms with E-state index in [2.05, 4.69) is 15.2 Å². The van der Waals surface area contributed by atoms with Crippen molar-refractivity contribution in [3.63, 3.8) is 0 Å². The lowest BCUT2D eigenvalue weighted by atomic mass is 10.1. The first-order valence-electron chi connectivity index (χ1n) is 9.15. The second-order valence-corrected chi connectivity index (χ2v) is 6.62. The van der Waals surface area contributed by atoms with E-state index in [1.807, 2.05) is 13.8 Å². The molecule has 0 N–H and O–H groups in total. The highest BCUT2D eigenvalue weighted by atomic mass is 35.5.